The molecular weight excluding hydrogens is 146 g/mol. The van der Waals surface area contributed by atoms with E-state index in [-0.39, 0.29) is 5.69 Å². The van der Waals surface area contributed by atoms with Crippen LogP contribution in [0, 0.1) is 0 Å². The fourth-order valence-corrected chi connectivity index (χ4v) is 0.821. The van der Waals surface area contributed by atoms with Crippen molar-refractivity contribution in [1.29, 1.82) is 0 Å². The molecule has 0 bridgehead atoms. The lowest BCUT2D eigenvalue weighted by atomic mass is 10.7. The molecular formula is C6H11N3O2. The Morgan fingerprint density at radius 2 is 2.36 bits per heavy atom. The summed E-state index contributed by atoms with van der Waals surface area (Å²) in [4.78, 5) is 10.9. The third-order valence-corrected chi connectivity index (χ3v) is 1.31. The molecule has 0 radical (unpaired) electrons. The first-order valence-electron chi connectivity index (χ1n) is 3.57. The maximum Gasteiger partial charge on any atom is 0.346 e. The van der Waals surface area contributed by atoms with Crippen LogP contribution < -0.4 is 10.4 Å². The second-order valence-electron chi connectivity index (χ2n) is 1.99. The molecule has 0 unspecified atom stereocenters. The molecule has 0 spiro atoms. The highest BCUT2D eigenvalue weighted by Gasteiger charge is 2.04. The van der Waals surface area contributed by atoms with Crippen LogP contribution >= 0.6 is 0 Å². The first-order chi connectivity index (χ1) is 5.29. The lowest BCUT2D eigenvalue weighted by molar-refractivity contribution is 0.295. The van der Waals surface area contributed by atoms with Crippen molar-refractivity contribution >= 4 is 0 Å². The predicted molar refractivity (Wildman–Crippen MR) is 39.7 cm³/mol. The molecule has 11 heavy (non-hydrogen) atoms. The van der Waals surface area contributed by atoms with Crippen molar-refractivity contribution in [2.45, 2.75) is 20.4 Å². The van der Waals surface area contributed by atoms with Crippen LogP contribution in [0.5, 0.6) is 6.01 Å². The van der Waals surface area contributed by atoms with E-state index in [4.69, 9.17) is 4.74 Å². The van der Waals surface area contributed by atoms with Crippen molar-refractivity contribution in [3.8, 4) is 6.01 Å². The van der Waals surface area contributed by atoms with Gasteiger partial charge in [0, 0.05) is 6.54 Å². The van der Waals surface area contributed by atoms with Gasteiger partial charge in [0.15, 0.2) is 0 Å². The quantitative estimate of drug-likeness (QED) is 0.671. The first kappa shape index (κ1) is 7.84. The highest BCUT2D eigenvalue weighted by molar-refractivity contribution is 4.91. The van der Waals surface area contributed by atoms with Gasteiger partial charge >= 0.3 is 11.7 Å². The van der Waals surface area contributed by atoms with Crippen molar-refractivity contribution in [3.63, 3.8) is 0 Å². The van der Waals surface area contributed by atoms with Crippen LogP contribution in [0.1, 0.15) is 13.8 Å². The number of nitrogens with zero attached hydrogens (tertiary/aromatic N) is 2. The van der Waals surface area contributed by atoms with Gasteiger partial charge in [-0.1, -0.05) is 0 Å². The second kappa shape index (κ2) is 3.23. The number of aromatic nitrogens is 3. The molecule has 5 nitrogen and oxygen atoms in total. The number of hydrogen-bond donors (Lipinski definition) is 1. The Morgan fingerprint density at radius 3 is 2.91 bits per heavy atom. The Labute approximate surface area is 64.0 Å². The molecule has 0 aromatic carbocycles. The van der Waals surface area contributed by atoms with Crippen molar-refractivity contribution in [2.75, 3.05) is 6.61 Å². The molecule has 1 heterocycles. The molecule has 0 saturated carbocycles. The van der Waals surface area contributed by atoms with Gasteiger partial charge in [-0.15, -0.1) is 5.10 Å². The lowest BCUT2D eigenvalue weighted by Crippen LogP contribution is -2.16. The summed E-state index contributed by atoms with van der Waals surface area (Å²) in [7, 11) is 0. The van der Waals surface area contributed by atoms with Crippen LogP contribution in [0.15, 0.2) is 4.79 Å². The summed E-state index contributed by atoms with van der Waals surface area (Å²) < 4.78 is 6.50. The van der Waals surface area contributed by atoms with Crippen molar-refractivity contribution in [2.24, 2.45) is 0 Å². The van der Waals surface area contributed by atoms with E-state index in [1.54, 1.807) is 0 Å². The molecule has 0 amide bonds. The normalized spacial score (nSPS) is 10.0. The molecule has 1 rings (SSSR count). The Bertz CT molecular complexity index is 276. The summed E-state index contributed by atoms with van der Waals surface area (Å²) in [6.07, 6.45) is 0. The molecule has 1 aromatic rings. The third kappa shape index (κ3) is 1.42. The van der Waals surface area contributed by atoms with Gasteiger partial charge in [-0.3, -0.25) is 0 Å². The topological polar surface area (TPSA) is 59.9 Å². The number of nitrogens with one attached hydrogen (secondary N) is 1. The van der Waals surface area contributed by atoms with Crippen LogP contribution in [0.2, 0.25) is 0 Å². The minimum Gasteiger partial charge on any atom is -0.464 e. The fourth-order valence-electron chi connectivity index (χ4n) is 0.821. The fraction of sp³-hybridized carbons (Fsp3) is 0.667. The molecule has 0 aliphatic rings. The van der Waals surface area contributed by atoms with Crippen LogP contribution in [0.4, 0.5) is 0 Å². The number of ether oxygens (including phenoxy) is 1. The Balaban J connectivity index is 2.96. The summed E-state index contributed by atoms with van der Waals surface area (Å²) in [5, 5.41) is 5.98. The zero-order valence-corrected chi connectivity index (χ0v) is 6.63. The summed E-state index contributed by atoms with van der Waals surface area (Å²) >= 11 is 0. The van der Waals surface area contributed by atoms with Gasteiger partial charge in [0.25, 0.3) is 0 Å². The summed E-state index contributed by atoms with van der Waals surface area (Å²) in [5.41, 5.74) is -0.226. The Kier molecular flexibility index (Phi) is 2.30. The van der Waals surface area contributed by atoms with Gasteiger partial charge in [-0.05, 0) is 13.8 Å². The second-order valence-corrected chi connectivity index (χ2v) is 1.99. The molecule has 0 aliphatic heterocycles. The van der Waals surface area contributed by atoms with E-state index >= 15 is 0 Å². The summed E-state index contributed by atoms with van der Waals surface area (Å²) in [5.74, 6) is 0. The van der Waals surface area contributed by atoms with E-state index < -0.39 is 0 Å². The van der Waals surface area contributed by atoms with Gasteiger partial charge in [-0.25, -0.2) is 14.5 Å². The van der Waals surface area contributed by atoms with E-state index in [2.05, 4.69) is 10.2 Å². The molecule has 0 fully saturated rings. The Hall–Kier alpha value is -1.26. The van der Waals surface area contributed by atoms with Crippen LogP contribution in [0.3, 0.4) is 0 Å². The van der Waals surface area contributed by atoms with E-state index in [1.807, 2.05) is 13.8 Å². The minimum atomic E-state index is -0.226. The lowest BCUT2D eigenvalue weighted by Gasteiger charge is -2.00. The van der Waals surface area contributed by atoms with Crippen molar-refractivity contribution in [3.05, 3.63) is 10.5 Å². The minimum absolute atomic E-state index is 0.226. The Morgan fingerprint density at radius 1 is 1.64 bits per heavy atom. The smallest absolute Gasteiger partial charge is 0.346 e. The monoisotopic (exact) mass is 157 g/mol. The van der Waals surface area contributed by atoms with Gasteiger partial charge in [0.1, 0.15) is 0 Å². The van der Waals surface area contributed by atoms with E-state index in [1.165, 1.54) is 4.57 Å². The van der Waals surface area contributed by atoms with Gasteiger partial charge in [0.05, 0.1) is 6.61 Å². The van der Waals surface area contributed by atoms with Gasteiger partial charge < -0.3 is 4.74 Å². The van der Waals surface area contributed by atoms with Crippen molar-refractivity contribution in [1.82, 2.24) is 14.8 Å². The zero-order valence-electron chi connectivity index (χ0n) is 6.63. The SMILES string of the molecule is CCOc1n[nH]c(=O)n1CC. The standard InChI is InChI=1S/C6H11N3O2/c1-3-9-5(10)7-8-6(9)11-4-2/h3-4H2,1-2H3,(H,7,10). The number of H-pyrrole nitrogens is 1. The molecule has 5 heteroatoms. The first-order valence-corrected chi connectivity index (χ1v) is 3.57. The molecule has 0 aliphatic carbocycles. The zero-order chi connectivity index (χ0) is 8.27. The van der Waals surface area contributed by atoms with Crippen molar-refractivity contribution < 1.29 is 4.74 Å². The van der Waals surface area contributed by atoms with Crippen LogP contribution in [-0.2, 0) is 6.54 Å². The summed E-state index contributed by atoms with van der Waals surface area (Å²) in [6, 6.07) is 0.361. The van der Waals surface area contributed by atoms with E-state index in [0.29, 0.717) is 19.2 Å². The molecule has 0 saturated heterocycles. The average molecular weight is 157 g/mol. The van der Waals surface area contributed by atoms with E-state index in [9.17, 15) is 4.79 Å². The largest absolute Gasteiger partial charge is 0.464 e. The van der Waals surface area contributed by atoms with Crippen LogP contribution in [-0.4, -0.2) is 21.4 Å². The molecule has 1 aromatic heterocycles. The molecule has 1 N–H and O–H groups in total. The molecule has 0 atom stereocenters. The number of rotatable bonds is 3. The van der Waals surface area contributed by atoms with Gasteiger partial charge in [-0.2, -0.15) is 0 Å². The number of hydrogen-bond acceptors (Lipinski definition) is 3. The molecule has 62 valence electrons. The predicted octanol–water partition coefficient (Wildman–Crippen LogP) is -0.0100. The number of aromatic amines is 1. The summed E-state index contributed by atoms with van der Waals surface area (Å²) in [6.45, 7) is 4.80. The van der Waals surface area contributed by atoms with Gasteiger partial charge in [0.2, 0.25) is 0 Å². The highest BCUT2D eigenvalue weighted by Crippen LogP contribution is 1.99. The third-order valence-electron chi connectivity index (χ3n) is 1.31. The maximum absolute atomic E-state index is 10.9. The highest BCUT2D eigenvalue weighted by atomic mass is 16.5. The average Bonchev–Trinajstić information content (AvgIpc) is 2.33. The van der Waals surface area contributed by atoms with E-state index in [0.717, 1.165) is 0 Å². The maximum atomic E-state index is 10.9. The van der Waals surface area contributed by atoms with Crippen LogP contribution in [0.25, 0.3) is 0 Å².